The van der Waals surface area contributed by atoms with Gasteiger partial charge in [0, 0.05) is 54.4 Å². The molecule has 11 aromatic rings. The molecule has 0 bridgehead atoms. The SMILES string of the molecule is O=C1c2ccccc2-c2nc(-n3c4cc5ccccc5cc4c4c5c6ccccc6n6c7ccccc7c(cc43)c56)nc3cccc1c23. The standard InChI is InChI=1S/C43H22N4O/c48-42-27-14-4-3-13-26(27)40-37-29(42)16-9-17-32(37)44-43(45-40)47-35-21-24-11-2-1-10-23(24)20-31(35)38-36(47)22-30-25-12-5-7-18-33(25)46-34-19-8-6-15-28(34)39(38)41(30)46/h1-22H. The van der Waals surface area contributed by atoms with E-state index in [1.807, 2.05) is 42.5 Å². The Kier molecular flexibility index (Phi) is 4.31. The van der Waals surface area contributed by atoms with E-state index in [-0.39, 0.29) is 5.78 Å². The second-order valence-electron chi connectivity index (χ2n) is 12.9. The first-order valence-electron chi connectivity index (χ1n) is 16.2. The Morgan fingerprint density at radius 3 is 2.00 bits per heavy atom. The molecule has 4 heterocycles. The third-order valence-corrected chi connectivity index (χ3v) is 10.6. The lowest BCUT2D eigenvalue weighted by Crippen LogP contribution is -2.13. The van der Waals surface area contributed by atoms with Crippen molar-refractivity contribution in [1.29, 1.82) is 0 Å². The number of ketones is 1. The highest BCUT2D eigenvalue weighted by molar-refractivity contribution is 6.36. The van der Waals surface area contributed by atoms with Crippen LogP contribution in [0.2, 0.25) is 0 Å². The van der Waals surface area contributed by atoms with E-state index in [1.165, 1.54) is 48.9 Å². The van der Waals surface area contributed by atoms with Crippen LogP contribution in [0.15, 0.2) is 133 Å². The quantitative estimate of drug-likeness (QED) is 0.186. The van der Waals surface area contributed by atoms with Crippen molar-refractivity contribution in [3.63, 3.8) is 0 Å². The molecule has 0 spiro atoms. The second kappa shape index (κ2) is 8.41. The molecule has 0 atom stereocenters. The summed E-state index contributed by atoms with van der Waals surface area (Å²) in [6.45, 7) is 0. The maximum absolute atomic E-state index is 13.6. The number of carbonyl (C=O) groups excluding carboxylic acids is 1. The van der Waals surface area contributed by atoms with E-state index in [0.717, 1.165) is 44.0 Å². The third kappa shape index (κ3) is 2.83. The molecule has 0 N–H and O–H groups in total. The molecule has 0 fully saturated rings. The highest BCUT2D eigenvalue weighted by atomic mass is 16.1. The maximum atomic E-state index is 13.6. The molecule has 5 nitrogen and oxygen atoms in total. The third-order valence-electron chi connectivity index (χ3n) is 10.6. The van der Waals surface area contributed by atoms with Gasteiger partial charge in [0.05, 0.1) is 38.8 Å². The maximum Gasteiger partial charge on any atom is 0.235 e. The average Bonchev–Trinajstić information content (AvgIpc) is 3.76. The van der Waals surface area contributed by atoms with Crippen molar-refractivity contribution in [3.8, 4) is 17.2 Å². The van der Waals surface area contributed by atoms with Gasteiger partial charge >= 0.3 is 0 Å². The highest BCUT2D eigenvalue weighted by Gasteiger charge is 2.29. The van der Waals surface area contributed by atoms with Gasteiger partial charge in [-0.3, -0.25) is 9.36 Å². The molecule has 220 valence electrons. The minimum absolute atomic E-state index is 0.0175. The van der Waals surface area contributed by atoms with E-state index >= 15 is 0 Å². The molecule has 0 aliphatic heterocycles. The summed E-state index contributed by atoms with van der Waals surface area (Å²) in [5.74, 6) is 0.611. The molecule has 0 amide bonds. The predicted octanol–water partition coefficient (Wildman–Crippen LogP) is 10.2. The molecule has 1 aliphatic carbocycles. The van der Waals surface area contributed by atoms with Crippen LogP contribution in [0.25, 0.3) is 98.8 Å². The van der Waals surface area contributed by atoms with Crippen LogP contribution in [0.5, 0.6) is 0 Å². The summed E-state index contributed by atoms with van der Waals surface area (Å²) in [6.07, 6.45) is 0. The van der Waals surface area contributed by atoms with Crippen molar-refractivity contribution in [2.24, 2.45) is 0 Å². The lowest BCUT2D eigenvalue weighted by Gasteiger charge is -2.19. The number of para-hydroxylation sites is 2. The van der Waals surface area contributed by atoms with Crippen LogP contribution < -0.4 is 0 Å². The van der Waals surface area contributed by atoms with Gasteiger partial charge in [-0.25, -0.2) is 9.97 Å². The number of benzene rings is 7. The number of hydrogen-bond donors (Lipinski definition) is 0. The van der Waals surface area contributed by atoms with Gasteiger partial charge in [-0.05, 0) is 47.2 Å². The molecule has 5 heteroatoms. The number of hydrogen-bond acceptors (Lipinski definition) is 3. The summed E-state index contributed by atoms with van der Waals surface area (Å²) >= 11 is 0. The molecule has 0 saturated heterocycles. The summed E-state index contributed by atoms with van der Waals surface area (Å²) in [4.78, 5) is 24.2. The topological polar surface area (TPSA) is 52.2 Å². The average molecular weight is 611 g/mol. The summed E-state index contributed by atoms with van der Waals surface area (Å²) < 4.78 is 4.69. The lowest BCUT2D eigenvalue weighted by atomic mass is 9.87. The number of aromatic nitrogens is 4. The van der Waals surface area contributed by atoms with Crippen LogP contribution in [0.4, 0.5) is 0 Å². The summed E-state index contributed by atoms with van der Waals surface area (Å²) in [5, 5.41) is 10.4. The lowest BCUT2D eigenvalue weighted by molar-refractivity contribution is 0.104. The largest absolute Gasteiger partial charge is 0.308 e. The molecule has 7 aromatic carbocycles. The van der Waals surface area contributed by atoms with Crippen molar-refractivity contribution in [2.45, 2.75) is 0 Å². The Balaban J connectivity index is 1.34. The first-order valence-corrected chi connectivity index (χ1v) is 16.2. The summed E-state index contributed by atoms with van der Waals surface area (Å²) in [5.41, 5.74) is 9.49. The molecule has 0 unspecified atom stereocenters. The summed E-state index contributed by atoms with van der Waals surface area (Å²) in [6, 6.07) is 46.6. The van der Waals surface area contributed by atoms with E-state index in [2.05, 4.69) is 100.0 Å². The van der Waals surface area contributed by atoms with Gasteiger partial charge in [0.2, 0.25) is 5.95 Å². The smallest absolute Gasteiger partial charge is 0.235 e. The molecule has 1 aliphatic rings. The van der Waals surface area contributed by atoms with E-state index in [0.29, 0.717) is 17.1 Å². The van der Waals surface area contributed by atoms with Crippen molar-refractivity contribution < 1.29 is 4.79 Å². The molecule has 0 saturated carbocycles. The van der Waals surface area contributed by atoms with Gasteiger partial charge in [-0.15, -0.1) is 0 Å². The summed E-state index contributed by atoms with van der Waals surface area (Å²) in [7, 11) is 0. The predicted molar refractivity (Wildman–Crippen MR) is 195 cm³/mol. The van der Waals surface area contributed by atoms with Gasteiger partial charge in [0.15, 0.2) is 5.78 Å². The Labute approximate surface area is 272 Å². The zero-order valence-corrected chi connectivity index (χ0v) is 25.4. The number of carbonyl (C=O) groups is 1. The van der Waals surface area contributed by atoms with E-state index in [9.17, 15) is 4.79 Å². The Hall–Kier alpha value is -6.59. The van der Waals surface area contributed by atoms with E-state index < -0.39 is 0 Å². The molecule has 4 aromatic heterocycles. The van der Waals surface area contributed by atoms with Gasteiger partial charge < -0.3 is 4.40 Å². The minimum atomic E-state index is 0.0175. The van der Waals surface area contributed by atoms with Crippen LogP contribution >= 0.6 is 0 Å². The van der Waals surface area contributed by atoms with E-state index in [4.69, 9.17) is 9.97 Å². The second-order valence-corrected chi connectivity index (χ2v) is 12.9. The molecule has 48 heavy (non-hydrogen) atoms. The number of rotatable bonds is 1. The van der Waals surface area contributed by atoms with Crippen molar-refractivity contribution in [3.05, 3.63) is 145 Å². The number of fused-ring (bicyclic) bond motifs is 13. The Bertz CT molecular complexity index is 3250. The van der Waals surface area contributed by atoms with Crippen LogP contribution in [0, 0.1) is 0 Å². The van der Waals surface area contributed by atoms with E-state index in [1.54, 1.807) is 0 Å². The number of nitrogens with zero attached hydrogens (tertiary/aromatic N) is 4. The monoisotopic (exact) mass is 610 g/mol. The fourth-order valence-corrected chi connectivity index (χ4v) is 8.60. The van der Waals surface area contributed by atoms with Gasteiger partial charge in [0.1, 0.15) is 0 Å². The van der Waals surface area contributed by atoms with Crippen LogP contribution in [0.3, 0.4) is 0 Å². The van der Waals surface area contributed by atoms with Crippen LogP contribution in [-0.4, -0.2) is 24.7 Å². The van der Waals surface area contributed by atoms with Crippen molar-refractivity contribution >= 4 is 87.4 Å². The Morgan fingerprint density at radius 1 is 0.458 bits per heavy atom. The van der Waals surface area contributed by atoms with Crippen molar-refractivity contribution in [2.75, 3.05) is 0 Å². The molecule has 0 radical (unpaired) electrons. The zero-order chi connectivity index (χ0) is 31.2. The Morgan fingerprint density at radius 2 is 1.15 bits per heavy atom. The highest BCUT2D eigenvalue weighted by Crippen LogP contribution is 2.47. The first-order chi connectivity index (χ1) is 23.7. The van der Waals surface area contributed by atoms with Crippen LogP contribution in [-0.2, 0) is 0 Å². The van der Waals surface area contributed by atoms with Gasteiger partial charge in [0.25, 0.3) is 0 Å². The fraction of sp³-hybridized carbons (Fsp3) is 0. The van der Waals surface area contributed by atoms with Crippen molar-refractivity contribution in [1.82, 2.24) is 18.9 Å². The zero-order valence-electron chi connectivity index (χ0n) is 25.4. The van der Waals surface area contributed by atoms with Gasteiger partial charge in [-0.1, -0.05) is 97.1 Å². The normalized spacial score (nSPS) is 13.0. The minimum Gasteiger partial charge on any atom is -0.308 e. The molecular formula is C43H22N4O. The fourth-order valence-electron chi connectivity index (χ4n) is 8.60. The van der Waals surface area contributed by atoms with Gasteiger partial charge in [-0.2, -0.15) is 0 Å². The molecular weight excluding hydrogens is 589 g/mol. The van der Waals surface area contributed by atoms with Crippen LogP contribution in [0.1, 0.15) is 15.9 Å². The molecule has 12 rings (SSSR count). The first kappa shape index (κ1) is 24.6.